The molecule has 396 valence electrons. The van der Waals surface area contributed by atoms with Crippen molar-refractivity contribution >= 4 is 79.4 Å². The fourth-order valence-corrected chi connectivity index (χ4v) is 10.1. The van der Waals surface area contributed by atoms with Crippen LogP contribution < -0.4 is 31.1 Å². The van der Waals surface area contributed by atoms with Crippen molar-refractivity contribution < 1.29 is 9.59 Å². The molecule has 4 aromatic heterocycles. The number of anilines is 8. The molecule has 0 unspecified atom stereocenters. The van der Waals surface area contributed by atoms with Crippen LogP contribution in [0, 0.1) is 0 Å². The normalized spacial score (nSPS) is 14.6. The number of amides is 2. The van der Waals surface area contributed by atoms with Gasteiger partial charge in [-0.3, -0.25) is 29.6 Å². The Morgan fingerprint density at radius 3 is 1.29 bits per heavy atom. The number of benzene rings is 4. The van der Waals surface area contributed by atoms with Crippen molar-refractivity contribution in [2.75, 3.05) is 96.5 Å². The summed E-state index contributed by atoms with van der Waals surface area (Å²) in [6, 6.07) is 31.5. The molecule has 0 radical (unpaired) electrons. The van der Waals surface area contributed by atoms with E-state index < -0.39 is 0 Å². The van der Waals surface area contributed by atoms with E-state index in [2.05, 4.69) is 151 Å². The van der Waals surface area contributed by atoms with Crippen LogP contribution in [0.5, 0.6) is 0 Å². The highest BCUT2D eigenvalue weighted by molar-refractivity contribution is 6.09. The summed E-state index contributed by atoms with van der Waals surface area (Å²) in [6.45, 7) is 28.4. The number of carbonyl (C=O) groups excluding carboxylic acids is 2. The van der Waals surface area contributed by atoms with Crippen LogP contribution >= 0.6 is 0 Å². The van der Waals surface area contributed by atoms with Gasteiger partial charge in [0.25, 0.3) is 11.8 Å². The van der Waals surface area contributed by atoms with E-state index in [-0.39, 0.29) is 22.6 Å². The van der Waals surface area contributed by atoms with Gasteiger partial charge in [-0.25, -0.2) is 9.97 Å². The average Bonchev–Trinajstić information content (AvgIpc) is 4.10. The topological polar surface area (TPSA) is 178 Å². The van der Waals surface area contributed by atoms with Crippen molar-refractivity contribution in [1.29, 1.82) is 0 Å². The smallest absolute Gasteiger partial charge is 0.259 e. The minimum atomic E-state index is -0.203. The van der Waals surface area contributed by atoms with Gasteiger partial charge in [0, 0.05) is 110 Å². The van der Waals surface area contributed by atoms with Crippen molar-refractivity contribution in [3.63, 3.8) is 0 Å². The molecule has 6 N–H and O–H groups in total. The van der Waals surface area contributed by atoms with Gasteiger partial charge in [0.05, 0.1) is 34.6 Å². The third kappa shape index (κ3) is 12.8. The van der Waals surface area contributed by atoms with Gasteiger partial charge in [-0.1, -0.05) is 67.5 Å². The Morgan fingerprint density at radius 1 is 0.513 bits per heavy atom. The highest BCUT2D eigenvalue weighted by Crippen LogP contribution is 2.37. The number of H-pyrrole nitrogens is 2. The lowest BCUT2D eigenvalue weighted by Gasteiger charge is -2.38. The molecule has 10 rings (SSSR count). The predicted octanol–water partition coefficient (Wildman–Crippen LogP) is 11.6. The molecular weight excluding hydrogens is 949 g/mol. The van der Waals surface area contributed by atoms with Crippen molar-refractivity contribution in [2.45, 2.75) is 79.1 Å². The fourth-order valence-electron chi connectivity index (χ4n) is 10.1. The van der Waals surface area contributed by atoms with E-state index in [1.54, 1.807) is 49.1 Å². The quantitative estimate of drug-likeness (QED) is 0.0608. The molecule has 76 heavy (non-hydrogen) atoms. The Bertz CT molecular complexity index is 3040. The summed E-state index contributed by atoms with van der Waals surface area (Å²) in [5, 5.41) is 29.0. The first-order chi connectivity index (χ1) is 36.6. The first-order valence-corrected chi connectivity index (χ1v) is 26.8. The zero-order chi connectivity index (χ0) is 53.4. The van der Waals surface area contributed by atoms with Crippen molar-refractivity contribution in [3.05, 3.63) is 144 Å². The van der Waals surface area contributed by atoms with Gasteiger partial charge in [-0.15, -0.1) is 0 Å². The maximum atomic E-state index is 13.5. The number of pyridine rings is 2. The summed E-state index contributed by atoms with van der Waals surface area (Å²) in [5.74, 6) is 0.598. The highest BCUT2D eigenvalue weighted by Gasteiger charge is 2.27. The number of aromatic amines is 2. The second-order valence-corrected chi connectivity index (χ2v) is 21.9. The standard InChI is InChI=1S/2C30H37N7O/c2*1-5-13-36-14-16-37(17-15-36)27-19-23(10-11-25(27)30(2,3)4)34-29(38)24-7-6-12-31-28(24)33-22-9-8-21-20-32-35-26(21)18-22/h2*6-12,18-20H,5,13-17H2,1-4H3,(H,31,33)(H,32,35)(H,34,38). The van der Waals surface area contributed by atoms with E-state index >= 15 is 0 Å². The van der Waals surface area contributed by atoms with Crippen LogP contribution in [-0.4, -0.2) is 117 Å². The van der Waals surface area contributed by atoms with Crippen LogP contribution in [-0.2, 0) is 10.8 Å². The maximum Gasteiger partial charge on any atom is 0.259 e. The van der Waals surface area contributed by atoms with Gasteiger partial charge in [0.2, 0.25) is 0 Å². The Balaban J connectivity index is 0.000000186. The fraction of sp³-hybridized carbons (Fsp3) is 0.367. The molecule has 2 aliphatic heterocycles. The monoisotopic (exact) mass is 1020 g/mol. The SMILES string of the molecule is CCCN1CCN(c2cc(NC(=O)c3cccnc3Nc3ccc4cn[nH]c4c3)ccc2C(C)(C)C)CC1.CCCN1CCN(c2cc(NC(=O)c3cccnc3Nc3ccc4cn[nH]c4c3)ccc2C(C)(C)C)CC1. The molecular formula is C60H74N14O2. The number of nitrogens with zero attached hydrogens (tertiary/aromatic N) is 8. The van der Waals surface area contributed by atoms with Crippen molar-refractivity contribution in [2.24, 2.45) is 0 Å². The second-order valence-electron chi connectivity index (χ2n) is 21.9. The second kappa shape index (κ2) is 23.4. The molecule has 0 atom stereocenters. The lowest BCUT2D eigenvalue weighted by atomic mass is 9.85. The summed E-state index contributed by atoms with van der Waals surface area (Å²) in [4.78, 5) is 45.8. The van der Waals surface area contributed by atoms with Gasteiger partial charge in [0.15, 0.2) is 0 Å². The molecule has 0 aliphatic carbocycles. The van der Waals surface area contributed by atoms with Crippen molar-refractivity contribution in [1.82, 2.24) is 40.2 Å². The lowest BCUT2D eigenvalue weighted by molar-refractivity contribution is 0.101. The molecule has 4 aromatic carbocycles. The van der Waals surface area contributed by atoms with E-state index in [4.69, 9.17) is 0 Å². The van der Waals surface area contributed by atoms with Crippen LogP contribution in [0.1, 0.15) is 100 Å². The third-order valence-electron chi connectivity index (χ3n) is 14.1. The minimum absolute atomic E-state index is 0.00534. The first kappa shape index (κ1) is 53.0. The molecule has 16 nitrogen and oxygen atoms in total. The molecule has 2 saturated heterocycles. The van der Waals surface area contributed by atoms with E-state index in [0.717, 1.165) is 110 Å². The number of fused-ring (bicyclic) bond motifs is 2. The van der Waals surface area contributed by atoms with E-state index in [1.165, 1.54) is 35.3 Å². The number of hydrogen-bond acceptors (Lipinski definition) is 12. The van der Waals surface area contributed by atoms with Crippen LogP contribution in [0.25, 0.3) is 21.8 Å². The molecule has 2 amide bonds. The molecule has 0 bridgehead atoms. The van der Waals surface area contributed by atoms with Gasteiger partial charge in [-0.05, 0) is 133 Å². The van der Waals surface area contributed by atoms with Gasteiger partial charge in [0.1, 0.15) is 11.6 Å². The lowest BCUT2D eigenvalue weighted by Crippen LogP contribution is -2.47. The third-order valence-corrected chi connectivity index (χ3v) is 14.1. The largest absolute Gasteiger partial charge is 0.369 e. The minimum Gasteiger partial charge on any atom is -0.369 e. The van der Waals surface area contributed by atoms with Crippen LogP contribution in [0.2, 0.25) is 0 Å². The number of aromatic nitrogens is 6. The zero-order valence-electron chi connectivity index (χ0n) is 45.4. The zero-order valence-corrected chi connectivity index (χ0v) is 45.4. The summed E-state index contributed by atoms with van der Waals surface area (Å²) in [7, 11) is 0. The van der Waals surface area contributed by atoms with Gasteiger partial charge < -0.3 is 31.1 Å². The molecule has 6 heterocycles. The molecule has 8 aromatic rings. The Kier molecular flexibility index (Phi) is 16.3. The van der Waals surface area contributed by atoms with E-state index in [9.17, 15) is 9.59 Å². The van der Waals surface area contributed by atoms with Crippen LogP contribution in [0.3, 0.4) is 0 Å². The van der Waals surface area contributed by atoms with Crippen LogP contribution in [0.4, 0.5) is 45.8 Å². The Hall–Kier alpha value is -7.82. The van der Waals surface area contributed by atoms with Crippen molar-refractivity contribution in [3.8, 4) is 0 Å². The molecule has 16 heteroatoms. The predicted molar refractivity (Wildman–Crippen MR) is 311 cm³/mol. The molecule has 0 spiro atoms. The van der Waals surface area contributed by atoms with Gasteiger partial charge >= 0.3 is 0 Å². The Labute approximate surface area is 447 Å². The highest BCUT2D eigenvalue weighted by atomic mass is 16.2. The van der Waals surface area contributed by atoms with E-state index in [0.29, 0.717) is 22.8 Å². The number of hydrogen-bond donors (Lipinski definition) is 6. The van der Waals surface area contributed by atoms with Gasteiger partial charge in [-0.2, -0.15) is 10.2 Å². The number of nitrogens with one attached hydrogen (secondary N) is 6. The number of carbonyl (C=O) groups is 2. The molecule has 0 saturated carbocycles. The van der Waals surface area contributed by atoms with E-state index in [1.807, 2.05) is 48.5 Å². The number of rotatable bonds is 14. The first-order valence-electron chi connectivity index (χ1n) is 26.8. The molecule has 2 aliphatic rings. The average molecular weight is 1020 g/mol. The summed E-state index contributed by atoms with van der Waals surface area (Å²) < 4.78 is 0. The maximum absolute atomic E-state index is 13.5. The Morgan fingerprint density at radius 2 is 0.908 bits per heavy atom. The summed E-state index contributed by atoms with van der Waals surface area (Å²) in [6.07, 6.45) is 9.28. The van der Waals surface area contributed by atoms with Crippen LogP contribution in [0.15, 0.2) is 122 Å². The number of piperazine rings is 2. The summed E-state index contributed by atoms with van der Waals surface area (Å²) in [5.41, 5.74) is 11.0. The molecule has 2 fully saturated rings. The summed E-state index contributed by atoms with van der Waals surface area (Å²) >= 11 is 0.